The minimum Gasteiger partial charge on any atom is -0.465 e. The number of ether oxygens (including phenoxy) is 1. The van der Waals surface area contributed by atoms with Crippen molar-refractivity contribution in [2.24, 2.45) is 0 Å². The quantitative estimate of drug-likeness (QED) is 0.737. The molecule has 2 saturated carbocycles. The topological polar surface area (TPSA) is 49.8 Å². The summed E-state index contributed by atoms with van der Waals surface area (Å²) in [6.07, 6.45) is 6.20. The van der Waals surface area contributed by atoms with Crippen LogP contribution in [0.4, 0.5) is 0 Å². The fraction of sp³-hybridized carbons (Fsp3) is 0.923. The van der Waals surface area contributed by atoms with Crippen LogP contribution in [0, 0.1) is 0 Å². The Bertz CT molecular complexity index is 265. The maximum Gasteiger partial charge on any atom is 0.320 e. The minimum atomic E-state index is -0.265. The predicted molar refractivity (Wildman–Crippen MR) is 64.6 cm³/mol. The number of esters is 1. The van der Waals surface area contributed by atoms with E-state index in [-0.39, 0.29) is 18.1 Å². The molecule has 2 fully saturated rings. The van der Waals surface area contributed by atoms with Crippen molar-refractivity contribution >= 4 is 5.97 Å². The first-order valence-corrected chi connectivity index (χ1v) is 6.81. The third-order valence-corrected chi connectivity index (χ3v) is 3.75. The van der Waals surface area contributed by atoms with E-state index in [2.05, 4.69) is 4.90 Å². The van der Waals surface area contributed by atoms with Crippen LogP contribution in [0.1, 0.15) is 45.4 Å². The lowest BCUT2D eigenvalue weighted by atomic mass is 9.91. The standard InChI is InChI=1S/C13H23NO3/c1-2-17-13(16)9-14(10-7-8-10)11-5-3-4-6-12(11)15/h10-12,15H,2-9H2,1H3. The van der Waals surface area contributed by atoms with Gasteiger partial charge in [-0.1, -0.05) is 12.8 Å². The third kappa shape index (κ3) is 3.42. The molecule has 2 unspecified atom stereocenters. The van der Waals surface area contributed by atoms with Gasteiger partial charge >= 0.3 is 5.97 Å². The van der Waals surface area contributed by atoms with Gasteiger partial charge in [0.1, 0.15) is 0 Å². The lowest BCUT2D eigenvalue weighted by Gasteiger charge is -2.37. The van der Waals surface area contributed by atoms with E-state index in [0.29, 0.717) is 19.2 Å². The monoisotopic (exact) mass is 241 g/mol. The zero-order valence-electron chi connectivity index (χ0n) is 10.6. The highest BCUT2D eigenvalue weighted by molar-refractivity contribution is 5.71. The highest BCUT2D eigenvalue weighted by Crippen LogP contribution is 2.33. The Balaban J connectivity index is 1.93. The van der Waals surface area contributed by atoms with Gasteiger partial charge < -0.3 is 9.84 Å². The van der Waals surface area contributed by atoms with Gasteiger partial charge in [0.15, 0.2) is 0 Å². The van der Waals surface area contributed by atoms with Crippen molar-refractivity contribution in [3.63, 3.8) is 0 Å². The highest BCUT2D eigenvalue weighted by Gasteiger charge is 2.39. The van der Waals surface area contributed by atoms with Crippen LogP contribution in [0.15, 0.2) is 0 Å². The summed E-state index contributed by atoms with van der Waals surface area (Å²) in [6.45, 7) is 2.61. The summed E-state index contributed by atoms with van der Waals surface area (Å²) in [4.78, 5) is 13.8. The molecule has 0 heterocycles. The summed E-state index contributed by atoms with van der Waals surface area (Å²) in [7, 11) is 0. The molecule has 0 saturated heterocycles. The SMILES string of the molecule is CCOC(=O)CN(C1CC1)C1CCCCC1O. The van der Waals surface area contributed by atoms with Crippen LogP contribution in [0.5, 0.6) is 0 Å². The number of carbonyl (C=O) groups excluding carboxylic acids is 1. The maximum atomic E-state index is 11.6. The largest absolute Gasteiger partial charge is 0.465 e. The van der Waals surface area contributed by atoms with Gasteiger partial charge in [0.25, 0.3) is 0 Å². The van der Waals surface area contributed by atoms with Crippen molar-refractivity contribution in [1.29, 1.82) is 0 Å². The van der Waals surface area contributed by atoms with E-state index in [9.17, 15) is 9.90 Å². The van der Waals surface area contributed by atoms with Crippen molar-refractivity contribution in [2.75, 3.05) is 13.2 Å². The number of aliphatic hydroxyl groups excluding tert-OH is 1. The summed E-state index contributed by atoms with van der Waals surface area (Å²) in [5.41, 5.74) is 0. The Morgan fingerprint density at radius 1 is 1.29 bits per heavy atom. The second-order valence-electron chi connectivity index (χ2n) is 5.13. The summed E-state index contributed by atoms with van der Waals surface area (Å²) in [5.74, 6) is -0.155. The average Bonchev–Trinajstić information content (AvgIpc) is 3.11. The molecule has 0 aromatic rings. The van der Waals surface area contributed by atoms with Crippen LogP contribution in [0.2, 0.25) is 0 Å². The summed E-state index contributed by atoms with van der Waals surface area (Å²) in [5, 5.41) is 10.1. The number of nitrogens with zero attached hydrogens (tertiary/aromatic N) is 1. The van der Waals surface area contributed by atoms with E-state index < -0.39 is 0 Å². The van der Waals surface area contributed by atoms with Crippen molar-refractivity contribution < 1.29 is 14.6 Å². The van der Waals surface area contributed by atoms with Gasteiger partial charge in [0.2, 0.25) is 0 Å². The second-order valence-corrected chi connectivity index (χ2v) is 5.13. The first kappa shape index (κ1) is 12.8. The summed E-state index contributed by atoms with van der Waals surface area (Å²) in [6, 6.07) is 0.665. The second kappa shape index (κ2) is 5.83. The molecule has 17 heavy (non-hydrogen) atoms. The fourth-order valence-electron chi connectivity index (χ4n) is 2.76. The molecule has 0 radical (unpaired) electrons. The van der Waals surface area contributed by atoms with Crippen molar-refractivity contribution in [2.45, 2.75) is 63.6 Å². The van der Waals surface area contributed by atoms with Crippen LogP contribution in [-0.2, 0) is 9.53 Å². The molecule has 0 aromatic heterocycles. The van der Waals surface area contributed by atoms with E-state index >= 15 is 0 Å². The van der Waals surface area contributed by atoms with Crippen molar-refractivity contribution in [3.8, 4) is 0 Å². The molecule has 4 heteroatoms. The molecular formula is C13H23NO3. The number of hydrogen-bond donors (Lipinski definition) is 1. The Labute approximate surface area is 103 Å². The Hall–Kier alpha value is -0.610. The smallest absolute Gasteiger partial charge is 0.320 e. The molecule has 0 aromatic carbocycles. The Kier molecular flexibility index (Phi) is 4.40. The van der Waals surface area contributed by atoms with E-state index in [1.807, 2.05) is 6.92 Å². The van der Waals surface area contributed by atoms with Gasteiger partial charge in [-0.3, -0.25) is 9.69 Å². The Morgan fingerprint density at radius 2 is 2.00 bits per heavy atom. The van der Waals surface area contributed by atoms with Crippen LogP contribution in [0.3, 0.4) is 0 Å². The van der Waals surface area contributed by atoms with Gasteiger partial charge in [0, 0.05) is 12.1 Å². The average molecular weight is 241 g/mol. The maximum absolute atomic E-state index is 11.6. The molecule has 1 N–H and O–H groups in total. The molecule has 0 bridgehead atoms. The van der Waals surface area contributed by atoms with Gasteiger partial charge in [-0.2, -0.15) is 0 Å². The lowest BCUT2D eigenvalue weighted by Crippen LogP contribution is -2.49. The fourth-order valence-corrected chi connectivity index (χ4v) is 2.76. The van der Waals surface area contributed by atoms with Crippen LogP contribution in [-0.4, -0.2) is 47.3 Å². The van der Waals surface area contributed by atoms with Gasteiger partial charge in [0.05, 0.1) is 19.3 Å². The molecule has 2 rings (SSSR count). The molecule has 2 aliphatic rings. The van der Waals surface area contributed by atoms with E-state index in [1.54, 1.807) is 0 Å². The zero-order valence-corrected chi connectivity index (χ0v) is 10.6. The number of carbonyl (C=O) groups is 1. The predicted octanol–water partition coefficient (Wildman–Crippen LogP) is 1.32. The molecule has 4 nitrogen and oxygen atoms in total. The van der Waals surface area contributed by atoms with Crippen LogP contribution < -0.4 is 0 Å². The van der Waals surface area contributed by atoms with Gasteiger partial charge in [-0.15, -0.1) is 0 Å². The Morgan fingerprint density at radius 3 is 2.59 bits per heavy atom. The lowest BCUT2D eigenvalue weighted by molar-refractivity contribution is -0.146. The molecular weight excluding hydrogens is 218 g/mol. The van der Waals surface area contributed by atoms with Gasteiger partial charge in [-0.25, -0.2) is 0 Å². The van der Waals surface area contributed by atoms with E-state index in [0.717, 1.165) is 38.5 Å². The van der Waals surface area contributed by atoms with Crippen LogP contribution in [0.25, 0.3) is 0 Å². The molecule has 2 atom stereocenters. The normalized spacial score (nSPS) is 29.4. The molecule has 98 valence electrons. The first-order chi connectivity index (χ1) is 8.22. The van der Waals surface area contributed by atoms with Crippen molar-refractivity contribution in [3.05, 3.63) is 0 Å². The molecule has 0 spiro atoms. The molecule has 2 aliphatic carbocycles. The number of rotatable bonds is 5. The molecule has 0 amide bonds. The molecule has 0 aliphatic heterocycles. The summed E-state index contributed by atoms with van der Waals surface area (Å²) >= 11 is 0. The minimum absolute atomic E-state index is 0.155. The highest BCUT2D eigenvalue weighted by atomic mass is 16.5. The van der Waals surface area contributed by atoms with Crippen LogP contribution >= 0.6 is 0 Å². The number of aliphatic hydroxyl groups is 1. The third-order valence-electron chi connectivity index (χ3n) is 3.75. The first-order valence-electron chi connectivity index (χ1n) is 6.81. The summed E-state index contributed by atoms with van der Waals surface area (Å²) < 4.78 is 5.01. The van der Waals surface area contributed by atoms with Gasteiger partial charge in [-0.05, 0) is 32.6 Å². The number of hydrogen-bond acceptors (Lipinski definition) is 4. The van der Waals surface area contributed by atoms with E-state index in [1.165, 1.54) is 0 Å². The zero-order chi connectivity index (χ0) is 12.3. The van der Waals surface area contributed by atoms with E-state index in [4.69, 9.17) is 4.74 Å². The van der Waals surface area contributed by atoms with Crippen molar-refractivity contribution in [1.82, 2.24) is 4.90 Å².